The van der Waals surface area contributed by atoms with E-state index >= 15 is 0 Å². The molecule has 0 aliphatic heterocycles. The van der Waals surface area contributed by atoms with Gasteiger partial charge in [0, 0.05) is 23.6 Å². The number of benzene rings is 2. The summed E-state index contributed by atoms with van der Waals surface area (Å²) in [5.41, 5.74) is 3.66. The Labute approximate surface area is 113 Å². The van der Waals surface area contributed by atoms with Crippen LogP contribution in [0.1, 0.15) is 11.3 Å². The number of para-hydroxylation sites is 1. The summed E-state index contributed by atoms with van der Waals surface area (Å²) in [7, 11) is 2.10. The Morgan fingerprint density at radius 1 is 0.737 bits per heavy atom. The lowest BCUT2D eigenvalue weighted by Gasteiger charge is -1.99. The molecule has 92 valence electrons. The van der Waals surface area contributed by atoms with Gasteiger partial charge in [0.1, 0.15) is 7.05 Å². The summed E-state index contributed by atoms with van der Waals surface area (Å²) < 4.78 is 2.22. The molecule has 1 nitrogen and oxygen atoms in total. The summed E-state index contributed by atoms with van der Waals surface area (Å²) in [4.78, 5) is 0. The minimum absolute atomic E-state index is 1.20. The number of aryl methyl sites for hydroxylation is 1. The number of nitrogens with zero attached hydrogens (tertiary/aromatic N) is 1. The molecule has 3 aromatic rings. The fourth-order valence-corrected chi connectivity index (χ4v) is 2.27. The van der Waals surface area contributed by atoms with Crippen LogP contribution in [0.3, 0.4) is 0 Å². The average Bonchev–Trinajstić information content (AvgIpc) is 2.48. The van der Waals surface area contributed by atoms with E-state index in [1.165, 1.54) is 22.2 Å². The fraction of sp³-hybridized carbons (Fsp3) is 0.0556. The number of rotatable bonds is 2. The Morgan fingerprint density at radius 2 is 1.47 bits per heavy atom. The van der Waals surface area contributed by atoms with Crippen molar-refractivity contribution in [3.05, 3.63) is 78.0 Å². The molecule has 0 atom stereocenters. The highest BCUT2D eigenvalue weighted by molar-refractivity contribution is 5.77. The van der Waals surface area contributed by atoms with Gasteiger partial charge in [0.05, 0.1) is 0 Å². The number of hydrogen-bond acceptors (Lipinski definition) is 0. The lowest BCUT2D eigenvalue weighted by Crippen LogP contribution is -2.32. The lowest BCUT2D eigenvalue weighted by molar-refractivity contribution is -0.646. The number of fused-ring (bicyclic) bond motifs is 1. The van der Waals surface area contributed by atoms with Crippen LogP contribution in [0.5, 0.6) is 0 Å². The molecule has 0 spiro atoms. The molecule has 0 radical (unpaired) electrons. The second-order valence-electron chi connectivity index (χ2n) is 4.62. The molecule has 3 rings (SSSR count). The second kappa shape index (κ2) is 5.07. The molecule has 1 heterocycles. The topological polar surface area (TPSA) is 3.88 Å². The van der Waals surface area contributed by atoms with Crippen LogP contribution in [0.2, 0.25) is 0 Å². The molecule has 0 bridgehead atoms. The zero-order valence-electron chi connectivity index (χ0n) is 11.0. The third-order valence-corrected chi connectivity index (χ3v) is 3.37. The van der Waals surface area contributed by atoms with E-state index in [4.69, 9.17) is 0 Å². The smallest absolute Gasteiger partial charge is 0.195 e. The van der Waals surface area contributed by atoms with Gasteiger partial charge in [0.15, 0.2) is 0 Å². The zero-order chi connectivity index (χ0) is 13.1. The van der Waals surface area contributed by atoms with E-state index in [1.54, 1.807) is 0 Å². The molecular formula is C18H16N+. The van der Waals surface area contributed by atoms with Crippen molar-refractivity contribution < 1.29 is 4.57 Å². The summed E-state index contributed by atoms with van der Waals surface area (Å²) in [6, 6.07) is 23.1. The average molecular weight is 246 g/mol. The molecule has 0 amide bonds. The van der Waals surface area contributed by atoms with Gasteiger partial charge in [-0.2, -0.15) is 4.57 Å². The van der Waals surface area contributed by atoms with Gasteiger partial charge in [-0.1, -0.05) is 42.5 Å². The van der Waals surface area contributed by atoms with Crippen LogP contribution < -0.4 is 4.57 Å². The van der Waals surface area contributed by atoms with Gasteiger partial charge >= 0.3 is 0 Å². The zero-order valence-corrected chi connectivity index (χ0v) is 11.0. The van der Waals surface area contributed by atoms with Crippen molar-refractivity contribution >= 4 is 23.1 Å². The van der Waals surface area contributed by atoms with Crippen molar-refractivity contribution in [2.45, 2.75) is 0 Å². The van der Waals surface area contributed by atoms with Gasteiger partial charge < -0.3 is 0 Å². The van der Waals surface area contributed by atoms with Crippen LogP contribution in [0.25, 0.3) is 23.1 Å². The van der Waals surface area contributed by atoms with Crippen molar-refractivity contribution in [3.8, 4) is 0 Å². The largest absolute Gasteiger partial charge is 0.212 e. The molecule has 0 aliphatic carbocycles. The molecule has 2 aromatic carbocycles. The molecule has 0 saturated heterocycles. The van der Waals surface area contributed by atoms with Crippen molar-refractivity contribution in [1.82, 2.24) is 0 Å². The summed E-state index contributed by atoms with van der Waals surface area (Å²) in [6.07, 6.45) is 4.30. The maximum absolute atomic E-state index is 2.22. The van der Waals surface area contributed by atoms with Gasteiger partial charge in [-0.05, 0) is 23.8 Å². The van der Waals surface area contributed by atoms with Gasteiger partial charge in [0.2, 0.25) is 11.2 Å². The minimum Gasteiger partial charge on any atom is -0.195 e. The Kier molecular flexibility index (Phi) is 3.11. The van der Waals surface area contributed by atoms with E-state index in [0.29, 0.717) is 0 Å². The van der Waals surface area contributed by atoms with Crippen LogP contribution >= 0.6 is 0 Å². The van der Waals surface area contributed by atoms with Gasteiger partial charge in [-0.3, -0.25) is 0 Å². The SMILES string of the molecule is C[n+]1c(/C=C/c2ccccc2)ccc2ccccc21. The molecule has 0 aliphatic rings. The molecule has 1 aromatic heterocycles. The van der Waals surface area contributed by atoms with Gasteiger partial charge in [-0.15, -0.1) is 0 Å². The molecule has 0 N–H and O–H groups in total. The van der Waals surface area contributed by atoms with Gasteiger partial charge in [0.25, 0.3) is 0 Å². The molecule has 19 heavy (non-hydrogen) atoms. The van der Waals surface area contributed by atoms with E-state index in [-0.39, 0.29) is 0 Å². The van der Waals surface area contributed by atoms with Crippen LogP contribution in [0.15, 0.2) is 66.7 Å². The number of pyridine rings is 1. The highest BCUT2D eigenvalue weighted by atomic mass is 14.9. The minimum atomic E-state index is 1.20. The van der Waals surface area contributed by atoms with Crippen molar-refractivity contribution in [3.63, 3.8) is 0 Å². The Bertz CT molecular complexity index is 727. The molecular weight excluding hydrogens is 230 g/mol. The summed E-state index contributed by atoms with van der Waals surface area (Å²) in [6.45, 7) is 0. The number of hydrogen-bond donors (Lipinski definition) is 0. The first-order chi connectivity index (χ1) is 9.34. The first-order valence-corrected chi connectivity index (χ1v) is 6.45. The maximum atomic E-state index is 2.22. The molecule has 0 unspecified atom stereocenters. The summed E-state index contributed by atoms with van der Waals surface area (Å²) in [5, 5.41) is 1.27. The van der Waals surface area contributed by atoms with Gasteiger partial charge in [-0.25, -0.2) is 0 Å². The second-order valence-corrected chi connectivity index (χ2v) is 4.62. The van der Waals surface area contributed by atoms with E-state index in [0.717, 1.165) is 0 Å². The Balaban J connectivity index is 2.02. The summed E-state index contributed by atoms with van der Waals surface area (Å²) >= 11 is 0. The fourth-order valence-electron chi connectivity index (χ4n) is 2.27. The standard InChI is InChI=1S/C18H16N/c1-19-17(13-11-15-7-3-2-4-8-15)14-12-16-9-5-6-10-18(16)19/h2-14H,1H3/q+1/b13-11+. The first-order valence-electron chi connectivity index (χ1n) is 6.45. The van der Waals surface area contributed by atoms with Crippen LogP contribution in [0, 0.1) is 0 Å². The van der Waals surface area contributed by atoms with Crippen LogP contribution in [0.4, 0.5) is 0 Å². The van der Waals surface area contributed by atoms with Crippen molar-refractivity contribution in [2.24, 2.45) is 7.05 Å². The Hall–Kier alpha value is -2.41. The van der Waals surface area contributed by atoms with Crippen molar-refractivity contribution in [1.29, 1.82) is 0 Å². The highest BCUT2D eigenvalue weighted by Gasteiger charge is 2.07. The predicted molar refractivity (Wildman–Crippen MR) is 80.5 cm³/mol. The van der Waals surface area contributed by atoms with E-state index in [2.05, 4.69) is 84.4 Å². The summed E-state index contributed by atoms with van der Waals surface area (Å²) in [5.74, 6) is 0. The normalized spacial score (nSPS) is 11.2. The van der Waals surface area contributed by atoms with Crippen LogP contribution in [-0.2, 0) is 7.05 Å². The number of aromatic nitrogens is 1. The quantitative estimate of drug-likeness (QED) is 0.605. The monoisotopic (exact) mass is 246 g/mol. The van der Waals surface area contributed by atoms with E-state index in [9.17, 15) is 0 Å². The third kappa shape index (κ3) is 2.41. The van der Waals surface area contributed by atoms with Crippen molar-refractivity contribution in [2.75, 3.05) is 0 Å². The highest BCUT2D eigenvalue weighted by Crippen LogP contribution is 2.11. The van der Waals surface area contributed by atoms with E-state index < -0.39 is 0 Å². The first kappa shape index (κ1) is 11.7. The molecule has 0 saturated carbocycles. The third-order valence-electron chi connectivity index (χ3n) is 3.37. The molecule has 0 fully saturated rings. The maximum Gasteiger partial charge on any atom is 0.212 e. The van der Waals surface area contributed by atoms with E-state index in [1.807, 2.05) is 6.07 Å². The Morgan fingerprint density at radius 3 is 2.32 bits per heavy atom. The predicted octanol–water partition coefficient (Wildman–Crippen LogP) is 3.83. The lowest BCUT2D eigenvalue weighted by atomic mass is 10.1. The van der Waals surface area contributed by atoms with Crippen LogP contribution in [-0.4, -0.2) is 0 Å². The molecule has 1 heteroatoms.